The minimum atomic E-state index is -0.271. The molecular formula is C18H19ClN2O2. The molecule has 0 fully saturated rings. The lowest BCUT2D eigenvalue weighted by Crippen LogP contribution is -2.14. The SMILES string of the molecule is CC(C)CC(=O)Nc1ccc(NC(=O)c2ccccc2Cl)cc1. The Kier molecular flexibility index (Phi) is 5.77. The van der Waals surface area contributed by atoms with Gasteiger partial charge in [-0.2, -0.15) is 0 Å². The highest BCUT2D eigenvalue weighted by molar-refractivity contribution is 6.34. The molecule has 0 aliphatic carbocycles. The molecule has 0 aromatic heterocycles. The summed E-state index contributed by atoms with van der Waals surface area (Å²) in [5.74, 6) is 0.0178. The molecule has 0 heterocycles. The summed E-state index contributed by atoms with van der Waals surface area (Å²) in [6.07, 6.45) is 0.477. The van der Waals surface area contributed by atoms with Gasteiger partial charge in [0.2, 0.25) is 5.91 Å². The van der Waals surface area contributed by atoms with Crippen LogP contribution in [-0.2, 0) is 4.79 Å². The lowest BCUT2D eigenvalue weighted by molar-refractivity contribution is -0.116. The van der Waals surface area contributed by atoms with Crippen molar-refractivity contribution in [1.82, 2.24) is 0 Å². The predicted octanol–water partition coefficient (Wildman–Crippen LogP) is 4.58. The van der Waals surface area contributed by atoms with Crippen LogP contribution in [0.5, 0.6) is 0 Å². The van der Waals surface area contributed by atoms with E-state index in [1.54, 1.807) is 48.5 Å². The van der Waals surface area contributed by atoms with Crippen LogP contribution in [0.4, 0.5) is 11.4 Å². The van der Waals surface area contributed by atoms with Gasteiger partial charge in [0.05, 0.1) is 10.6 Å². The minimum absolute atomic E-state index is 0.0205. The van der Waals surface area contributed by atoms with E-state index in [2.05, 4.69) is 10.6 Å². The molecule has 5 heteroatoms. The molecular weight excluding hydrogens is 312 g/mol. The molecule has 2 N–H and O–H groups in total. The third kappa shape index (κ3) is 5.11. The monoisotopic (exact) mass is 330 g/mol. The molecule has 0 bridgehead atoms. The summed E-state index contributed by atoms with van der Waals surface area (Å²) in [6, 6.07) is 13.8. The molecule has 0 saturated carbocycles. The molecule has 2 amide bonds. The Bertz CT molecular complexity index is 696. The van der Waals surface area contributed by atoms with Gasteiger partial charge in [-0.15, -0.1) is 0 Å². The number of anilines is 2. The first-order valence-electron chi connectivity index (χ1n) is 7.41. The number of carbonyl (C=O) groups excluding carboxylic acids is 2. The number of hydrogen-bond acceptors (Lipinski definition) is 2. The first-order chi connectivity index (χ1) is 11.0. The number of hydrogen-bond donors (Lipinski definition) is 2. The Balaban J connectivity index is 1.99. The number of nitrogens with one attached hydrogen (secondary N) is 2. The molecule has 2 rings (SSSR count). The second-order valence-electron chi connectivity index (χ2n) is 5.66. The van der Waals surface area contributed by atoms with Crippen LogP contribution in [0.25, 0.3) is 0 Å². The fraction of sp³-hybridized carbons (Fsp3) is 0.222. The van der Waals surface area contributed by atoms with Crippen LogP contribution in [0.1, 0.15) is 30.6 Å². The molecule has 4 nitrogen and oxygen atoms in total. The molecule has 0 spiro atoms. The largest absolute Gasteiger partial charge is 0.326 e. The lowest BCUT2D eigenvalue weighted by Gasteiger charge is -2.09. The quantitative estimate of drug-likeness (QED) is 0.843. The topological polar surface area (TPSA) is 58.2 Å². The lowest BCUT2D eigenvalue weighted by atomic mass is 10.1. The zero-order valence-electron chi connectivity index (χ0n) is 13.1. The van der Waals surface area contributed by atoms with Crippen LogP contribution in [0.15, 0.2) is 48.5 Å². The Morgan fingerprint density at radius 2 is 1.52 bits per heavy atom. The van der Waals surface area contributed by atoms with Gasteiger partial charge >= 0.3 is 0 Å². The molecule has 0 aliphatic rings. The molecule has 23 heavy (non-hydrogen) atoms. The van der Waals surface area contributed by atoms with Crippen LogP contribution in [0.3, 0.4) is 0 Å². The molecule has 2 aromatic rings. The Morgan fingerprint density at radius 1 is 0.957 bits per heavy atom. The summed E-state index contributed by atoms with van der Waals surface area (Å²) in [4.78, 5) is 23.9. The van der Waals surface area contributed by atoms with E-state index in [-0.39, 0.29) is 11.8 Å². The minimum Gasteiger partial charge on any atom is -0.326 e. The van der Waals surface area contributed by atoms with Crippen molar-refractivity contribution >= 4 is 34.8 Å². The van der Waals surface area contributed by atoms with Crippen LogP contribution < -0.4 is 10.6 Å². The average molecular weight is 331 g/mol. The number of rotatable bonds is 5. The van der Waals surface area contributed by atoms with Gasteiger partial charge in [-0.3, -0.25) is 9.59 Å². The predicted molar refractivity (Wildman–Crippen MR) is 93.9 cm³/mol. The molecule has 0 radical (unpaired) electrons. The maximum atomic E-state index is 12.2. The van der Waals surface area contributed by atoms with E-state index in [0.29, 0.717) is 34.3 Å². The normalized spacial score (nSPS) is 10.4. The van der Waals surface area contributed by atoms with Gasteiger partial charge in [0.25, 0.3) is 5.91 Å². The number of carbonyl (C=O) groups is 2. The zero-order valence-corrected chi connectivity index (χ0v) is 13.9. The summed E-state index contributed by atoms with van der Waals surface area (Å²) in [7, 11) is 0. The molecule has 0 aliphatic heterocycles. The first kappa shape index (κ1) is 17.0. The smallest absolute Gasteiger partial charge is 0.257 e. The van der Waals surface area contributed by atoms with E-state index in [0.717, 1.165) is 0 Å². The van der Waals surface area contributed by atoms with E-state index >= 15 is 0 Å². The van der Waals surface area contributed by atoms with Gasteiger partial charge in [0.15, 0.2) is 0 Å². The average Bonchev–Trinajstić information content (AvgIpc) is 2.48. The molecule has 0 saturated heterocycles. The summed E-state index contributed by atoms with van der Waals surface area (Å²) in [5.41, 5.74) is 1.76. The van der Waals surface area contributed by atoms with Crippen LogP contribution in [0.2, 0.25) is 5.02 Å². The highest BCUT2D eigenvalue weighted by Crippen LogP contribution is 2.19. The summed E-state index contributed by atoms with van der Waals surface area (Å²) >= 11 is 6.00. The molecule has 0 unspecified atom stereocenters. The van der Waals surface area contributed by atoms with Crippen molar-refractivity contribution in [3.63, 3.8) is 0 Å². The van der Waals surface area contributed by atoms with E-state index in [1.807, 2.05) is 13.8 Å². The second-order valence-corrected chi connectivity index (χ2v) is 6.06. The van der Waals surface area contributed by atoms with Crippen molar-refractivity contribution in [3.05, 3.63) is 59.1 Å². The van der Waals surface area contributed by atoms with Crippen molar-refractivity contribution in [1.29, 1.82) is 0 Å². The summed E-state index contributed by atoms with van der Waals surface area (Å²) in [6.45, 7) is 3.99. The number of amides is 2. The van der Waals surface area contributed by atoms with Gasteiger partial charge in [0, 0.05) is 17.8 Å². The standard InChI is InChI=1S/C18H19ClN2O2/c1-12(2)11-17(22)20-13-7-9-14(10-8-13)21-18(23)15-5-3-4-6-16(15)19/h3-10,12H,11H2,1-2H3,(H,20,22)(H,21,23). The summed E-state index contributed by atoms with van der Waals surface area (Å²) < 4.78 is 0. The molecule has 0 atom stereocenters. The van der Waals surface area contributed by atoms with Gasteiger partial charge in [0.1, 0.15) is 0 Å². The van der Waals surface area contributed by atoms with Crippen molar-refractivity contribution in [2.75, 3.05) is 10.6 Å². The summed E-state index contributed by atoms with van der Waals surface area (Å²) in [5, 5.41) is 6.00. The Morgan fingerprint density at radius 3 is 2.09 bits per heavy atom. The highest BCUT2D eigenvalue weighted by atomic mass is 35.5. The number of halogens is 1. The van der Waals surface area contributed by atoms with E-state index in [1.165, 1.54) is 0 Å². The van der Waals surface area contributed by atoms with Gasteiger partial charge in [-0.05, 0) is 42.3 Å². The Labute approximate surface area is 140 Å². The van der Waals surface area contributed by atoms with Gasteiger partial charge < -0.3 is 10.6 Å². The molecule has 120 valence electrons. The first-order valence-corrected chi connectivity index (χ1v) is 7.79. The van der Waals surface area contributed by atoms with Crippen LogP contribution in [0, 0.1) is 5.92 Å². The van der Waals surface area contributed by atoms with Gasteiger partial charge in [-0.1, -0.05) is 37.6 Å². The van der Waals surface area contributed by atoms with Crippen LogP contribution >= 0.6 is 11.6 Å². The van der Waals surface area contributed by atoms with Crippen molar-refractivity contribution in [2.24, 2.45) is 5.92 Å². The maximum Gasteiger partial charge on any atom is 0.257 e. The zero-order chi connectivity index (χ0) is 16.8. The maximum absolute atomic E-state index is 12.2. The number of benzene rings is 2. The van der Waals surface area contributed by atoms with E-state index in [9.17, 15) is 9.59 Å². The van der Waals surface area contributed by atoms with E-state index in [4.69, 9.17) is 11.6 Å². The van der Waals surface area contributed by atoms with E-state index < -0.39 is 0 Å². The van der Waals surface area contributed by atoms with Gasteiger partial charge in [-0.25, -0.2) is 0 Å². The third-order valence-corrected chi connectivity index (χ3v) is 3.47. The van der Waals surface area contributed by atoms with Crippen molar-refractivity contribution in [2.45, 2.75) is 20.3 Å². The fourth-order valence-electron chi connectivity index (χ4n) is 2.06. The van der Waals surface area contributed by atoms with Crippen LogP contribution in [-0.4, -0.2) is 11.8 Å². The second kappa shape index (κ2) is 7.79. The van der Waals surface area contributed by atoms with Crippen molar-refractivity contribution < 1.29 is 9.59 Å². The Hall–Kier alpha value is -2.33. The fourth-order valence-corrected chi connectivity index (χ4v) is 2.29. The molecule has 2 aromatic carbocycles. The highest BCUT2D eigenvalue weighted by Gasteiger charge is 2.10. The third-order valence-electron chi connectivity index (χ3n) is 3.14. The van der Waals surface area contributed by atoms with Crippen molar-refractivity contribution in [3.8, 4) is 0 Å².